The molecule has 0 spiro atoms. The average molecular weight is 438 g/mol. The number of nitrogens with one attached hydrogen (secondary N) is 2. The lowest BCUT2D eigenvalue weighted by molar-refractivity contribution is 0.0327. The Morgan fingerprint density at radius 1 is 1.28 bits per heavy atom. The zero-order chi connectivity index (χ0) is 22.8. The summed E-state index contributed by atoms with van der Waals surface area (Å²) < 4.78 is 7.62. The molecule has 4 heterocycles. The van der Waals surface area contributed by atoms with Gasteiger partial charge >= 0.3 is 0 Å². The van der Waals surface area contributed by atoms with Crippen LogP contribution >= 0.6 is 0 Å². The molecule has 3 aromatic heterocycles. The van der Waals surface area contributed by atoms with Crippen molar-refractivity contribution in [2.24, 2.45) is 0 Å². The van der Waals surface area contributed by atoms with Gasteiger partial charge in [-0.05, 0) is 51.5 Å². The first-order valence-corrected chi connectivity index (χ1v) is 11.1. The van der Waals surface area contributed by atoms with Crippen molar-refractivity contribution in [2.45, 2.75) is 40.3 Å². The fraction of sp³-hybridized carbons (Fsp3) is 0.458. The summed E-state index contributed by atoms with van der Waals surface area (Å²) in [6.45, 7) is 12.2. The van der Waals surface area contributed by atoms with Crippen LogP contribution in [0.2, 0.25) is 0 Å². The number of nitrogens with zero attached hydrogens (tertiary/aromatic N) is 3. The van der Waals surface area contributed by atoms with E-state index in [1.165, 1.54) is 0 Å². The zero-order valence-electron chi connectivity index (χ0n) is 19.2. The molecule has 0 radical (unpaired) electrons. The highest BCUT2D eigenvalue weighted by atomic mass is 16.5. The molecule has 32 heavy (non-hydrogen) atoms. The van der Waals surface area contributed by atoms with Crippen LogP contribution in [0.25, 0.3) is 11.0 Å². The van der Waals surface area contributed by atoms with Crippen molar-refractivity contribution in [1.29, 1.82) is 0 Å². The number of aryl methyl sites for hydroxylation is 2. The van der Waals surface area contributed by atoms with Gasteiger partial charge in [0.1, 0.15) is 5.65 Å². The predicted molar refractivity (Wildman–Crippen MR) is 124 cm³/mol. The Labute approximate surface area is 187 Å². The van der Waals surface area contributed by atoms with Crippen LogP contribution in [0.15, 0.2) is 29.2 Å². The summed E-state index contributed by atoms with van der Waals surface area (Å²) in [6.07, 6.45) is 1.76. The standard InChI is InChI=1S/C24H31N5O3/c1-15-12-16(2)27-23(30)20(15)13-26-24(31)21-18(4)29(22-19(21)6-5-7-25-22)17(3)14-28-8-10-32-11-9-28/h5-7,12,17H,8-11,13-14H2,1-4H3,(H,26,31)(H,27,30). The van der Waals surface area contributed by atoms with Crippen molar-refractivity contribution in [1.82, 2.24) is 24.8 Å². The van der Waals surface area contributed by atoms with Gasteiger partial charge in [0.25, 0.3) is 11.5 Å². The highest BCUT2D eigenvalue weighted by molar-refractivity contribution is 6.07. The molecule has 1 aliphatic rings. The van der Waals surface area contributed by atoms with Crippen LogP contribution in [0.4, 0.5) is 0 Å². The van der Waals surface area contributed by atoms with Gasteiger partial charge < -0.3 is 19.6 Å². The van der Waals surface area contributed by atoms with Gasteiger partial charge in [0.2, 0.25) is 0 Å². The van der Waals surface area contributed by atoms with Crippen LogP contribution in [-0.4, -0.2) is 58.2 Å². The Morgan fingerprint density at radius 2 is 2.03 bits per heavy atom. The molecule has 1 unspecified atom stereocenters. The van der Waals surface area contributed by atoms with E-state index in [4.69, 9.17) is 4.74 Å². The maximum absolute atomic E-state index is 13.3. The molecule has 0 aromatic carbocycles. The van der Waals surface area contributed by atoms with E-state index in [1.54, 1.807) is 6.20 Å². The summed E-state index contributed by atoms with van der Waals surface area (Å²) >= 11 is 0. The number of amides is 1. The maximum Gasteiger partial charge on any atom is 0.254 e. The van der Waals surface area contributed by atoms with E-state index in [2.05, 4.69) is 31.7 Å². The van der Waals surface area contributed by atoms with Crippen molar-refractivity contribution in [3.63, 3.8) is 0 Å². The van der Waals surface area contributed by atoms with Crippen LogP contribution in [0.5, 0.6) is 0 Å². The SMILES string of the molecule is Cc1cc(C)c(CNC(=O)c2c(C)n(C(C)CN3CCOCC3)c3ncccc23)c(=O)[nH]1. The summed E-state index contributed by atoms with van der Waals surface area (Å²) in [4.78, 5) is 35.4. The Hall–Kier alpha value is -2.97. The molecule has 1 amide bonds. The Bertz CT molecular complexity index is 1190. The van der Waals surface area contributed by atoms with E-state index in [0.717, 1.165) is 60.8 Å². The fourth-order valence-corrected chi connectivity index (χ4v) is 4.68. The normalized spacial score (nSPS) is 15.8. The van der Waals surface area contributed by atoms with E-state index in [-0.39, 0.29) is 24.1 Å². The first-order valence-electron chi connectivity index (χ1n) is 11.1. The Morgan fingerprint density at radius 3 is 2.75 bits per heavy atom. The number of carbonyl (C=O) groups excluding carboxylic acids is 1. The largest absolute Gasteiger partial charge is 0.379 e. The molecule has 0 saturated carbocycles. The molecule has 3 aromatic rings. The van der Waals surface area contributed by atoms with Crippen LogP contribution in [0, 0.1) is 20.8 Å². The summed E-state index contributed by atoms with van der Waals surface area (Å²) in [5, 5.41) is 3.78. The van der Waals surface area contributed by atoms with Crippen LogP contribution in [0.3, 0.4) is 0 Å². The van der Waals surface area contributed by atoms with Gasteiger partial charge in [0.15, 0.2) is 0 Å². The molecule has 1 saturated heterocycles. The molecule has 1 aliphatic heterocycles. The Balaban J connectivity index is 1.62. The second-order valence-electron chi connectivity index (χ2n) is 8.59. The summed E-state index contributed by atoms with van der Waals surface area (Å²) in [5.74, 6) is -0.197. The van der Waals surface area contributed by atoms with Gasteiger partial charge in [0, 0.05) is 60.8 Å². The third kappa shape index (κ3) is 4.33. The molecule has 170 valence electrons. The number of aromatic nitrogens is 3. The molecule has 8 heteroatoms. The minimum absolute atomic E-state index is 0.147. The molecule has 0 aliphatic carbocycles. The number of morpholine rings is 1. The smallest absolute Gasteiger partial charge is 0.254 e. The summed E-state index contributed by atoms with van der Waals surface area (Å²) in [6, 6.07) is 5.85. The van der Waals surface area contributed by atoms with Crippen LogP contribution in [-0.2, 0) is 11.3 Å². The first kappa shape index (κ1) is 22.2. The number of pyridine rings is 2. The van der Waals surface area contributed by atoms with Crippen LogP contribution in [0.1, 0.15) is 45.8 Å². The number of carbonyl (C=O) groups is 1. The minimum Gasteiger partial charge on any atom is -0.379 e. The Kier molecular flexibility index (Phi) is 6.43. The molecule has 1 atom stereocenters. The van der Waals surface area contributed by atoms with E-state index >= 15 is 0 Å². The third-order valence-electron chi connectivity index (χ3n) is 6.22. The van der Waals surface area contributed by atoms with Gasteiger partial charge in [-0.2, -0.15) is 0 Å². The van der Waals surface area contributed by atoms with Crippen molar-refractivity contribution < 1.29 is 9.53 Å². The monoisotopic (exact) mass is 437 g/mol. The molecule has 2 N–H and O–H groups in total. The van der Waals surface area contributed by atoms with E-state index in [0.29, 0.717) is 11.1 Å². The molecular weight excluding hydrogens is 406 g/mol. The fourth-order valence-electron chi connectivity index (χ4n) is 4.68. The number of H-pyrrole nitrogens is 1. The van der Waals surface area contributed by atoms with E-state index in [9.17, 15) is 9.59 Å². The lowest BCUT2D eigenvalue weighted by atomic mass is 10.1. The van der Waals surface area contributed by atoms with Gasteiger partial charge in [-0.3, -0.25) is 14.5 Å². The molecule has 0 bridgehead atoms. The van der Waals surface area contributed by atoms with E-state index in [1.807, 2.05) is 39.0 Å². The first-order chi connectivity index (χ1) is 15.4. The zero-order valence-corrected chi connectivity index (χ0v) is 19.2. The number of hydrogen-bond acceptors (Lipinski definition) is 5. The maximum atomic E-state index is 13.3. The highest BCUT2D eigenvalue weighted by Crippen LogP contribution is 2.28. The van der Waals surface area contributed by atoms with Crippen molar-refractivity contribution in [3.05, 3.63) is 62.8 Å². The van der Waals surface area contributed by atoms with Crippen molar-refractivity contribution in [3.8, 4) is 0 Å². The van der Waals surface area contributed by atoms with E-state index < -0.39 is 0 Å². The number of rotatable bonds is 6. The molecule has 4 rings (SSSR count). The molecule has 8 nitrogen and oxygen atoms in total. The number of aromatic amines is 1. The number of ether oxygens (including phenoxy) is 1. The highest BCUT2D eigenvalue weighted by Gasteiger charge is 2.25. The minimum atomic E-state index is -0.197. The van der Waals surface area contributed by atoms with Gasteiger partial charge in [-0.1, -0.05) is 0 Å². The lowest BCUT2D eigenvalue weighted by Gasteiger charge is -2.30. The second kappa shape index (κ2) is 9.26. The summed E-state index contributed by atoms with van der Waals surface area (Å²) in [5.41, 5.74) is 4.38. The lowest BCUT2D eigenvalue weighted by Crippen LogP contribution is -2.39. The quantitative estimate of drug-likeness (QED) is 0.618. The molecule has 1 fully saturated rings. The molecular formula is C24H31N5O3. The average Bonchev–Trinajstić information content (AvgIpc) is 3.05. The van der Waals surface area contributed by atoms with Gasteiger partial charge in [-0.25, -0.2) is 4.98 Å². The van der Waals surface area contributed by atoms with Gasteiger partial charge in [0.05, 0.1) is 18.8 Å². The van der Waals surface area contributed by atoms with Crippen molar-refractivity contribution in [2.75, 3.05) is 32.8 Å². The van der Waals surface area contributed by atoms with Crippen LogP contribution < -0.4 is 10.9 Å². The van der Waals surface area contributed by atoms with Crippen molar-refractivity contribution >= 4 is 16.9 Å². The number of fused-ring (bicyclic) bond motifs is 1. The predicted octanol–water partition coefficient (Wildman–Crippen LogP) is 2.47. The summed E-state index contributed by atoms with van der Waals surface area (Å²) in [7, 11) is 0. The topological polar surface area (TPSA) is 92.2 Å². The van der Waals surface area contributed by atoms with Gasteiger partial charge in [-0.15, -0.1) is 0 Å². The number of hydrogen-bond donors (Lipinski definition) is 2. The second-order valence-corrected chi connectivity index (χ2v) is 8.59. The third-order valence-corrected chi connectivity index (χ3v) is 6.22.